The summed E-state index contributed by atoms with van der Waals surface area (Å²) in [5, 5.41) is 7.68. The lowest BCUT2D eigenvalue weighted by Crippen LogP contribution is -2.36. The Morgan fingerprint density at radius 1 is 0.966 bits per heavy atom. The molecular weight excluding hydrogens is 360 g/mol. The number of aryl methyl sites for hydroxylation is 2. The van der Waals surface area contributed by atoms with Gasteiger partial charge >= 0.3 is 0 Å². The van der Waals surface area contributed by atoms with Gasteiger partial charge in [-0.2, -0.15) is 5.10 Å². The van der Waals surface area contributed by atoms with Gasteiger partial charge in [0.05, 0.1) is 25.5 Å². The molecule has 5 nitrogen and oxygen atoms in total. The Bertz CT molecular complexity index is 644. The summed E-state index contributed by atoms with van der Waals surface area (Å²) in [5.74, 6) is 0. The zero-order valence-electron chi connectivity index (χ0n) is 19.4. The fourth-order valence-corrected chi connectivity index (χ4v) is 3.35. The highest BCUT2D eigenvalue weighted by Crippen LogP contribution is 2.17. The first-order valence-corrected chi connectivity index (χ1v) is 11.3. The van der Waals surface area contributed by atoms with Crippen molar-refractivity contribution in [3.05, 3.63) is 47.8 Å². The van der Waals surface area contributed by atoms with E-state index >= 15 is 0 Å². The molecule has 0 atom stereocenters. The van der Waals surface area contributed by atoms with Crippen LogP contribution in [0.1, 0.15) is 57.7 Å². The van der Waals surface area contributed by atoms with Crippen molar-refractivity contribution in [2.75, 3.05) is 44.3 Å². The second kappa shape index (κ2) is 15.1. The highest BCUT2D eigenvalue weighted by molar-refractivity contribution is 5.48. The van der Waals surface area contributed by atoms with E-state index in [4.69, 9.17) is 4.74 Å². The Morgan fingerprint density at radius 3 is 2.17 bits per heavy atom. The van der Waals surface area contributed by atoms with Gasteiger partial charge in [-0.3, -0.25) is 4.68 Å². The van der Waals surface area contributed by atoms with Crippen LogP contribution < -0.4 is 10.2 Å². The standard InChI is InChI=1S/C11H15NO.C9H15N3.2C2H6/c1-10-3-2-4-11(9-10)12-5-7-13-8-6-12;1-8-6-11-12(7-8)9-2-4-10-5-3-9;2*1-2/h2-4,9H,5-8H2,1H3;6-7,9-10H,2-5H2,1H3;2*1-2H3. The molecule has 5 heteroatoms. The highest BCUT2D eigenvalue weighted by atomic mass is 16.5. The molecule has 0 spiro atoms. The number of aromatic nitrogens is 2. The predicted octanol–water partition coefficient (Wildman–Crippen LogP) is 5.00. The topological polar surface area (TPSA) is 42.3 Å². The molecule has 3 heterocycles. The number of nitrogens with one attached hydrogen (secondary N) is 1. The first kappa shape index (κ1) is 25.2. The Balaban J connectivity index is 0.000000248. The molecule has 4 rings (SSSR count). The molecule has 0 saturated carbocycles. The lowest BCUT2D eigenvalue weighted by molar-refractivity contribution is 0.122. The number of hydrogen-bond acceptors (Lipinski definition) is 4. The number of rotatable bonds is 2. The van der Waals surface area contributed by atoms with Crippen LogP contribution in [-0.2, 0) is 4.74 Å². The van der Waals surface area contributed by atoms with Gasteiger partial charge in [-0.15, -0.1) is 0 Å². The van der Waals surface area contributed by atoms with E-state index in [0.717, 1.165) is 39.4 Å². The maximum absolute atomic E-state index is 5.31. The Labute approximate surface area is 178 Å². The second-order valence-corrected chi connectivity index (χ2v) is 6.92. The minimum atomic E-state index is 0.625. The third-order valence-corrected chi connectivity index (χ3v) is 4.79. The summed E-state index contributed by atoms with van der Waals surface area (Å²) in [7, 11) is 0. The average Bonchev–Trinajstić information content (AvgIpc) is 3.25. The lowest BCUT2D eigenvalue weighted by Gasteiger charge is -2.29. The molecule has 1 aromatic heterocycles. The third-order valence-electron chi connectivity index (χ3n) is 4.79. The Kier molecular flexibility index (Phi) is 13.1. The molecule has 29 heavy (non-hydrogen) atoms. The van der Waals surface area contributed by atoms with E-state index in [1.807, 2.05) is 33.9 Å². The molecule has 2 aliphatic heterocycles. The zero-order valence-corrected chi connectivity index (χ0v) is 19.4. The number of nitrogens with zero attached hydrogens (tertiary/aromatic N) is 3. The Morgan fingerprint density at radius 2 is 1.62 bits per heavy atom. The van der Waals surface area contributed by atoms with Crippen molar-refractivity contribution in [3.63, 3.8) is 0 Å². The molecule has 1 aromatic carbocycles. The molecule has 164 valence electrons. The number of anilines is 1. The molecule has 2 aliphatic rings. The van der Waals surface area contributed by atoms with Crippen LogP contribution in [0.4, 0.5) is 5.69 Å². The van der Waals surface area contributed by atoms with Gasteiger partial charge in [-0.25, -0.2) is 0 Å². The molecule has 2 fully saturated rings. The molecule has 0 unspecified atom stereocenters. The average molecular weight is 403 g/mol. The normalized spacial score (nSPS) is 16.4. The quantitative estimate of drug-likeness (QED) is 0.767. The van der Waals surface area contributed by atoms with Crippen LogP contribution in [0.5, 0.6) is 0 Å². The summed E-state index contributed by atoms with van der Waals surface area (Å²) in [6, 6.07) is 9.26. The van der Waals surface area contributed by atoms with Crippen molar-refractivity contribution in [1.29, 1.82) is 0 Å². The maximum Gasteiger partial charge on any atom is 0.0642 e. The van der Waals surface area contributed by atoms with Crippen LogP contribution in [0.3, 0.4) is 0 Å². The summed E-state index contributed by atoms with van der Waals surface area (Å²) in [4.78, 5) is 2.37. The van der Waals surface area contributed by atoms with Crippen molar-refractivity contribution in [2.45, 2.75) is 60.4 Å². The lowest BCUT2D eigenvalue weighted by atomic mass is 10.1. The van der Waals surface area contributed by atoms with Crippen LogP contribution in [-0.4, -0.2) is 49.2 Å². The maximum atomic E-state index is 5.31. The first-order chi connectivity index (χ1) is 14.2. The smallest absolute Gasteiger partial charge is 0.0642 e. The van der Waals surface area contributed by atoms with Gasteiger partial charge < -0.3 is 15.0 Å². The van der Waals surface area contributed by atoms with Gasteiger partial charge in [-0.05, 0) is 63.0 Å². The molecule has 2 aromatic rings. The summed E-state index contributed by atoms with van der Waals surface area (Å²) >= 11 is 0. The van der Waals surface area contributed by atoms with E-state index in [2.05, 4.69) is 64.3 Å². The van der Waals surface area contributed by atoms with Gasteiger partial charge in [0.2, 0.25) is 0 Å². The number of hydrogen-bond donors (Lipinski definition) is 1. The van der Waals surface area contributed by atoms with Crippen LogP contribution in [0.2, 0.25) is 0 Å². The van der Waals surface area contributed by atoms with E-state index in [9.17, 15) is 0 Å². The fraction of sp³-hybridized carbons (Fsp3) is 0.625. The number of piperidine rings is 1. The summed E-state index contributed by atoms with van der Waals surface area (Å²) in [6.45, 7) is 18.2. The molecular formula is C24H42N4O. The molecule has 0 bridgehead atoms. The molecule has 1 N–H and O–H groups in total. The Hall–Kier alpha value is -1.85. The predicted molar refractivity (Wildman–Crippen MR) is 125 cm³/mol. The van der Waals surface area contributed by atoms with Crippen molar-refractivity contribution in [3.8, 4) is 0 Å². The molecule has 0 amide bonds. The minimum absolute atomic E-state index is 0.625. The van der Waals surface area contributed by atoms with Gasteiger partial charge in [0.15, 0.2) is 0 Å². The van der Waals surface area contributed by atoms with E-state index in [-0.39, 0.29) is 0 Å². The summed E-state index contributed by atoms with van der Waals surface area (Å²) < 4.78 is 7.42. The fourth-order valence-electron chi connectivity index (χ4n) is 3.35. The molecule has 0 aliphatic carbocycles. The van der Waals surface area contributed by atoms with Gasteiger partial charge in [0.1, 0.15) is 0 Å². The van der Waals surface area contributed by atoms with Gasteiger partial charge in [0.25, 0.3) is 0 Å². The van der Waals surface area contributed by atoms with Crippen molar-refractivity contribution < 1.29 is 4.74 Å². The largest absolute Gasteiger partial charge is 0.378 e. The monoisotopic (exact) mass is 402 g/mol. The van der Waals surface area contributed by atoms with E-state index in [1.54, 1.807) is 0 Å². The van der Waals surface area contributed by atoms with Crippen LogP contribution >= 0.6 is 0 Å². The van der Waals surface area contributed by atoms with Crippen molar-refractivity contribution >= 4 is 5.69 Å². The number of benzene rings is 1. The van der Waals surface area contributed by atoms with Crippen LogP contribution in [0.15, 0.2) is 36.7 Å². The zero-order chi connectivity index (χ0) is 21.5. The van der Waals surface area contributed by atoms with Crippen molar-refractivity contribution in [1.82, 2.24) is 15.1 Å². The third kappa shape index (κ3) is 9.01. The SMILES string of the molecule is CC.CC.Cc1cccc(N2CCOCC2)c1.Cc1cnn(C2CCNCC2)c1. The van der Waals surface area contributed by atoms with Crippen LogP contribution in [0, 0.1) is 13.8 Å². The van der Waals surface area contributed by atoms with E-state index in [0.29, 0.717) is 6.04 Å². The van der Waals surface area contributed by atoms with Crippen molar-refractivity contribution in [2.24, 2.45) is 0 Å². The van der Waals surface area contributed by atoms with Crippen LogP contribution in [0.25, 0.3) is 0 Å². The summed E-state index contributed by atoms with van der Waals surface area (Å²) in [5.41, 5.74) is 3.90. The first-order valence-electron chi connectivity index (χ1n) is 11.3. The molecule has 0 radical (unpaired) electrons. The van der Waals surface area contributed by atoms with E-state index in [1.165, 1.54) is 29.7 Å². The van der Waals surface area contributed by atoms with E-state index < -0.39 is 0 Å². The summed E-state index contributed by atoms with van der Waals surface area (Å²) in [6.07, 6.45) is 6.49. The minimum Gasteiger partial charge on any atom is -0.378 e. The molecule has 2 saturated heterocycles. The highest BCUT2D eigenvalue weighted by Gasteiger charge is 2.14. The van der Waals surface area contributed by atoms with Gasteiger partial charge in [-0.1, -0.05) is 39.8 Å². The number of morpholine rings is 1. The van der Waals surface area contributed by atoms with Gasteiger partial charge in [0, 0.05) is 25.0 Å². The number of ether oxygens (including phenoxy) is 1. The second-order valence-electron chi connectivity index (χ2n) is 6.92.